The second-order valence-corrected chi connectivity index (χ2v) is 3.63. The SMILES string of the molecule is CCCCCCCCCC=CC(=O)[O-].[NH4+]. The van der Waals surface area contributed by atoms with E-state index in [2.05, 4.69) is 6.92 Å². The summed E-state index contributed by atoms with van der Waals surface area (Å²) in [5, 5.41) is 10.0. The Morgan fingerprint density at radius 3 is 2.13 bits per heavy atom. The fraction of sp³-hybridized carbons (Fsp3) is 0.750. The fourth-order valence-corrected chi connectivity index (χ4v) is 1.40. The molecular formula is C12H25NO2. The summed E-state index contributed by atoms with van der Waals surface area (Å²) in [7, 11) is 0. The van der Waals surface area contributed by atoms with Crippen molar-refractivity contribution >= 4 is 5.97 Å². The van der Waals surface area contributed by atoms with Crippen LogP contribution in [0.3, 0.4) is 0 Å². The van der Waals surface area contributed by atoms with Crippen molar-refractivity contribution in [2.24, 2.45) is 0 Å². The summed E-state index contributed by atoms with van der Waals surface area (Å²) >= 11 is 0. The zero-order valence-electron chi connectivity index (χ0n) is 10.1. The lowest BCUT2D eigenvalue weighted by Gasteiger charge is -1.98. The fourth-order valence-electron chi connectivity index (χ4n) is 1.40. The number of carboxylic acids is 1. The Kier molecular flexibility index (Phi) is 14.6. The summed E-state index contributed by atoms with van der Waals surface area (Å²) in [6, 6.07) is 0. The van der Waals surface area contributed by atoms with E-state index in [0.717, 1.165) is 18.9 Å². The average molecular weight is 215 g/mol. The molecule has 0 bridgehead atoms. The predicted molar refractivity (Wildman–Crippen MR) is 62.7 cm³/mol. The van der Waals surface area contributed by atoms with Crippen LogP contribution < -0.4 is 11.3 Å². The van der Waals surface area contributed by atoms with E-state index in [-0.39, 0.29) is 6.15 Å². The van der Waals surface area contributed by atoms with Crippen LogP contribution in [-0.4, -0.2) is 5.97 Å². The van der Waals surface area contributed by atoms with Crippen LogP contribution in [0.1, 0.15) is 58.3 Å². The molecule has 0 amide bonds. The Balaban J connectivity index is 0. The molecular weight excluding hydrogens is 190 g/mol. The van der Waals surface area contributed by atoms with Crippen molar-refractivity contribution in [1.29, 1.82) is 0 Å². The molecule has 0 saturated carbocycles. The number of hydrogen-bond donors (Lipinski definition) is 1. The Hall–Kier alpha value is -0.830. The van der Waals surface area contributed by atoms with E-state index >= 15 is 0 Å². The number of carbonyl (C=O) groups excluding carboxylic acids is 1. The molecule has 0 aromatic rings. The van der Waals surface area contributed by atoms with Gasteiger partial charge >= 0.3 is 0 Å². The molecule has 3 nitrogen and oxygen atoms in total. The molecule has 0 heterocycles. The van der Waals surface area contributed by atoms with Gasteiger partial charge in [0.05, 0.1) is 5.97 Å². The van der Waals surface area contributed by atoms with Crippen LogP contribution in [0.25, 0.3) is 0 Å². The lowest BCUT2D eigenvalue weighted by Crippen LogP contribution is -2.18. The number of aliphatic carboxylic acids is 1. The van der Waals surface area contributed by atoms with E-state index in [9.17, 15) is 9.90 Å². The minimum absolute atomic E-state index is 0. The van der Waals surface area contributed by atoms with E-state index in [4.69, 9.17) is 0 Å². The van der Waals surface area contributed by atoms with Crippen LogP contribution in [0.4, 0.5) is 0 Å². The van der Waals surface area contributed by atoms with Crippen LogP contribution in [0.5, 0.6) is 0 Å². The van der Waals surface area contributed by atoms with Gasteiger partial charge in [-0.2, -0.15) is 0 Å². The van der Waals surface area contributed by atoms with Gasteiger partial charge in [-0.3, -0.25) is 0 Å². The van der Waals surface area contributed by atoms with E-state index < -0.39 is 5.97 Å². The second-order valence-electron chi connectivity index (χ2n) is 3.63. The summed E-state index contributed by atoms with van der Waals surface area (Å²) in [6.45, 7) is 2.21. The van der Waals surface area contributed by atoms with Gasteiger partial charge in [-0.05, 0) is 18.9 Å². The minimum atomic E-state index is -1.09. The van der Waals surface area contributed by atoms with Crippen molar-refractivity contribution in [1.82, 2.24) is 6.15 Å². The van der Waals surface area contributed by atoms with E-state index in [1.54, 1.807) is 6.08 Å². The van der Waals surface area contributed by atoms with E-state index in [1.807, 2.05) is 0 Å². The largest absolute Gasteiger partial charge is 0.545 e. The van der Waals surface area contributed by atoms with Crippen molar-refractivity contribution in [2.75, 3.05) is 0 Å². The van der Waals surface area contributed by atoms with Crippen molar-refractivity contribution in [3.8, 4) is 0 Å². The van der Waals surface area contributed by atoms with Gasteiger partial charge in [0.15, 0.2) is 0 Å². The first-order valence-corrected chi connectivity index (χ1v) is 5.65. The Morgan fingerprint density at radius 1 is 1.07 bits per heavy atom. The van der Waals surface area contributed by atoms with Gasteiger partial charge in [0.1, 0.15) is 0 Å². The first-order valence-electron chi connectivity index (χ1n) is 5.65. The number of allylic oxidation sites excluding steroid dienone is 1. The molecule has 0 unspecified atom stereocenters. The van der Waals surface area contributed by atoms with Crippen LogP contribution in [-0.2, 0) is 4.79 Å². The molecule has 0 aliphatic carbocycles. The number of rotatable bonds is 9. The van der Waals surface area contributed by atoms with Crippen LogP contribution in [0.15, 0.2) is 12.2 Å². The normalized spacial score (nSPS) is 10.2. The molecule has 0 aliphatic heterocycles. The minimum Gasteiger partial charge on any atom is -0.545 e. The molecule has 0 spiro atoms. The lowest BCUT2D eigenvalue weighted by molar-refractivity contribution is -0.297. The molecule has 0 aliphatic rings. The smallest absolute Gasteiger partial charge is 0.0639 e. The maximum absolute atomic E-state index is 10.0. The van der Waals surface area contributed by atoms with Gasteiger partial charge in [0, 0.05) is 0 Å². The van der Waals surface area contributed by atoms with Crippen LogP contribution >= 0.6 is 0 Å². The number of carboxylic acid groups (broad SMARTS) is 1. The molecule has 0 atom stereocenters. The van der Waals surface area contributed by atoms with Crippen LogP contribution in [0.2, 0.25) is 0 Å². The van der Waals surface area contributed by atoms with Crippen LogP contribution in [0, 0.1) is 0 Å². The van der Waals surface area contributed by atoms with Gasteiger partial charge in [0.25, 0.3) is 0 Å². The highest BCUT2D eigenvalue weighted by molar-refractivity contribution is 5.77. The molecule has 0 aromatic carbocycles. The van der Waals surface area contributed by atoms with Crippen molar-refractivity contribution in [2.45, 2.75) is 58.3 Å². The molecule has 0 saturated heterocycles. The third-order valence-electron chi connectivity index (χ3n) is 2.23. The first-order chi connectivity index (χ1) is 6.77. The van der Waals surface area contributed by atoms with Gasteiger partial charge < -0.3 is 16.1 Å². The van der Waals surface area contributed by atoms with Crippen molar-refractivity contribution < 1.29 is 9.90 Å². The third kappa shape index (κ3) is 15.9. The summed E-state index contributed by atoms with van der Waals surface area (Å²) in [5.74, 6) is -1.09. The Bertz CT molecular complexity index is 167. The van der Waals surface area contributed by atoms with E-state index in [0.29, 0.717) is 0 Å². The molecule has 0 rings (SSSR count). The number of carbonyl (C=O) groups is 1. The van der Waals surface area contributed by atoms with Gasteiger partial charge in [0.2, 0.25) is 0 Å². The molecule has 90 valence electrons. The molecule has 0 aromatic heterocycles. The predicted octanol–water partition coefficient (Wildman–Crippen LogP) is 2.81. The molecule has 4 N–H and O–H groups in total. The van der Waals surface area contributed by atoms with Gasteiger partial charge in [-0.1, -0.05) is 51.5 Å². The topological polar surface area (TPSA) is 76.6 Å². The van der Waals surface area contributed by atoms with Gasteiger partial charge in [-0.25, -0.2) is 0 Å². The Labute approximate surface area is 93.2 Å². The summed E-state index contributed by atoms with van der Waals surface area (Å²) in [6.07, 6.45) is 12.5. The highest BCUT2D eigenvalue weighted by atomic mass is 16.4. The number of quaternary nitrogens is 1. The molecule has 0 radical (unpaired) electrons. The number of hydrogen-bond acceptors (Lipinski definition) is 2. The second kappa shape index (κ2) is 13.2. The highest BCUT2D eigenvalue weighted by Gasteiger charge is 1.88. The van der Waals surface area contributed by atoms with Crippen molar-refractivity contribution in [3.63, 3.8) is 0 Å². The lowest BCUT2D eigenvalue weighted by atomic mass is 10.1. The third-order valence-corrected chi connectivity index (χ3v) is 2.23. The first kappa shape index (κ1) is 16.6. The highest BCUT2D eigenvalue weighted by Crippen LogP contribution is 2.08. The number of unbranched alkanes of at least 4 members (excludes halogenated alkanes) is 7. The maximum atomic E-state index is 10.0. The van der Waals surface area contributed by atoms with Crippen molar-refractivity contribution in [3.05, 3.63) is 12.2 Å². The monoisotopic (exact) mass is 215 g/mol. The maximum Gasteiger partial charge on any atom is 0.0639 e. The standard InChI is InChI=1S/C12H22O2.H3N/c1-2-3-4-5-6-7-8-9-10-11-12(13)14;/h10-11H,2-9H2,1H3,(H,13,14);1H3. The molecule has 15 heavy (non-hydrogen) atoms. The van der Waals surface area contributed by atoms with Gasteiger partial charge in [-0.15, -0.1) is 0 Å². The Morgan fingerprint density at radius 2 is 1.60 bits per heavy atom. The zero-order chi connectivity index (χ0) is 10.6. The quantitative estimate of drug-likeness (QED) is 0.474. The average Bonchev–Trinajstić information content (AvgIpc) is 2.15. The molecule has 0 fully saturated rings. The summed E-state index contributed by atoms with van der Waals surface area (Å²) < 4.78 is 0. The zero-order valence-corrected chi connectivity index (χ0v) is 10.1. The summed E-state index contributed by atoms with van der Waals surface area (Å²) in [5.41, 5.74) is 0. The molecule has 3 heteroatoms. The summed E-state index contributed by atoms with van der Waals surface area (Å²) in [4.78, 5) is 10.0. The van der Waals surface area contributed by atoms with E-state index in [1.165, 1.54) is 38.5 Å².